The predicted octanol–water partition coefficient (Wildman–Crippen LogP) is 2.48. The van der Waals surface area contributed by atoms with E-state index in [-0.39, 0.29) is 0 Å². The maximum absolute atomic E-state index is 5.86. The molecule has 2 fully saturated rings. The van der Waals surface area contributed by atoms with Gasteiger partial charge in [0.25, 0.3) is 0 Å². The minimum Gasteiger partial charge on any atom is -0.381 e. The van der Waals surface area contributed by atoms with Gasteiger partial charge in [0.2, 0.25) is 0 Å². The third-order valence-corrected chi connectivity index (χ3v) is 5.46. The van der Waals surface area contributed by atoms with E-state index in [2.05, 4.69) is 20.7 Å². The molecule has 0 radical (unpaired) electrons. The summed E-state index contributed by atoms with van der Waals surface area (Å²) in [5, 5.41) is 4.56. The molecule has 0 N–H and O–H groups in total. The molecule has 1 saturated carbocycles. The molecule has 0 amide bonds. The summed E-state index contributed by atoms with van der Waals surface area (Å²) in [4.78, 5) is 2.62. The van der Waals surface area contributed by atoms with Crippen molar-refractivity contribution in [2.45, 2.75) is 44.7 Å². The second-order valence-corrected chi connectivity index (χ2v) is 7.48. The first kappa shape index (κ1) is 15.6. The highest BCUT2D eigenvalue weighted by Crippen LogP contribution is 2.29. The molecule has 3 aliphatic rings. The van der Waals surface area contributed by atoms with Crippen molar-refractivity contribution in [1.82, 2.24) is 14.7 Å². The zero-order chi connectivity index (χ0) is 15.5. The summed E-state index contributed by atoms with van der Waals surface area (Å²) >= 11 is 0. The molecule has 5 heteroatoms. The Balaban J connectivity index is 1.31. The average Bonchev–Trinajstić information content (AvgIpc) is 3.28. The van der Waals surface area contributed by atoms with Gasteiger partial charge in [-0.3, -0.25) is 9.58 Å². The monoisotopic (exact) mass is 319 g/mol. The molecule has 1 unspecified atom stereocenters. The van der Waals surface area contributed by atoms with Crippen molar-refractivity contribution in [1.29, 1.82) is 0 Å². The van der Waals surface area contributed by atoms with Crippen LogP contribution in [0.25, 0.3) is 0 Å². The summed E-state index contributed by atoms with van der Waals surface area (Å²) in [5.74, 6) is 1.65. The Morgan fingerprint density at radius 1 is 1.17 bits per heavy atom. The van der Waals surface area contributed by atoms with Gasteiger partial charge >= 0.3 is 0 Å². The maximum Gasteiger partial charge on any atom is 0.0671 e. The normalized spacial score (nSPS) is 26.3. The van der Waals surface area contributed by atoms with Crippen LogP contribution in [0.4, 0.5) is 0 Å². The van der Waals surface area contributed by atoms with Crippen LogP contribution in [0, 0.1) is 11.8 Å². The van der Waals surface area contributed by atoms with Crippen LogP contribution in [0.2, 0.25) is 0 Å². The molecule has 1 aromatic heterocycles. The lowest BCUT2D eigenvalue weighted by atomic mass is 9.98. The molecule has 1 aromatic rings. The van der Waals surface area contributed by atoms with Gasteiger partial charge in [0, 0.05) is 52.3 Å². The van der Waals surface area contributed by atoms with E-state index >= 15 is 0 Å². The van der Waals surface area contributed by atoms with Crippen molar-refractivity contribution >= 4 is 0 Å². The summed E-state index contributed by atoms with van der Waals surface area (Å²) in [5.41, 5.74) is 1.36. The molecule has 23 heavy (non-hydrogen) atoms. The van der Waals surface area contributed by atoms with Crippen molar-refractivity contribution in [2.75, 3.05) is 39.5 Å². The van der Waals surface area contributed by atoms with Crippen molar-refractivity contribution in [3.05, 3.63) is 18.0 Å². The number of hydrogen-bond acceptors (Lipinski definition) is 4. The van der Waals surface area contributed by atoms with Gasteiger partial charge in [-0.15, -0.1) is 0 Å². The fourth-order valence-electron chi connectivity index (χ4n) is 3.87. The third kappa shape index (κ3) is 4.14. The Labute approximate surface area is 138 Å². The van der Waals surface area contributed by atoms with Crippen molar-refractivity contribution in [3.8, 4) is 0 Å². The Bertz CT molecular complexity index is 494. The molecule has 0 bridgehead atoms. The predicted molar refractivity (Wildman–Crippen MR) is 88.2 cm³/mol. The second kappa shape index (κ2) is 7.32. The molecule has 0 spiro atoms. The van der Waals surface area contributed by atoms with Crippen LogP contribution in [0.15, 0.2) is 12.3 Å². The lowest BCUT2D eigenvalue weighted by Crippen LogP contribution is -2.41. The van der Waals surface area contributed by atoms with E-state index < -0.39 is 0 Å². The minimum absolute atomic E-state index is 0.466. The van der Waals surface area contributed by atoms with Crippen LogP contribution in [0.5, 0.6) is 0 Å². The van der Waals surface area contributed by atoms with Gasteiger partial charge in [0.1, 0.15) is 0 Å². The second-order valence-electron chi connectivity index (χ2n) is 7.48. The molecular formula is C18H29N3O2. The van der Waals surface area contributed by atoms with E-state index in [9.17, 15) is 0 Å². The summed E-state index contributed by atoms with van der Waals surface area (Å²) in [6, 6.07) is 2.64. The number of aromatic nitrogens is 2. The minimum atomic E-state index is 0.466. The molecule has 1 atom stereocenters. The van der Waals surface area contributed by atoms with Crippen molar-refractivity contribution < 1.29 is 9.47 Å². The highest BCUT2D eigenvalue weighted by molar-refractivity contribution is 5.05. The van der Waals surface area contributed by atoms with Gasteiger partial charge < -0.3 is 9.47 Å². The Morgan fingerprint density at radius 2 is 2.04 bits per heavy atom. The van der Waals surface area contributed by atoms with Gasteiger partial charge in [-0.05, 0) is 50.0 Å². The third-order valence-electron chi connectivity index (χ3n) is 5.46. The van der Waals surface area contributed by atoms with E-state index in [1.54, 1.807) is 0 Å². The number of rotatable bonds is 7. The SMILES string of the molecule is c1cc2n(n1)C(CCOCC1CC1)CN(CC1CCOCC1)C2. The van der Waals surface area contributed by atoms with E-state index in [1.807, 2.05) is 6.20 Å². The topological polar surface area (TPSA) is 39.5 Å². The fraction of sp³-hybridized carbons (Fsp3) is 0.833. The molecule has 4 rings (SSSR count). The molecule has 2 aliphatic heterocycles. The Hall–Kier alpha value is -0.910. The average molecular weight is 319 g/mol. The van der Waals surface area contributed by atoms with Crippen LogP contribution in [-0.2, 0) is 16.0 Å². The summed E-state index contributed by atoms with van der Waals surface area (Å²) in [6.45, 7) is 7.06. The van der Waals surface area contributed by atoms with E-state index in [4.69, 9.17) is 9.47 Å². The lowest BCUT2D eigenvalue weighted by Gasteiger charge is -2.36. The van der Waals surface area contributed by atoms with Crippen LogP contribution < -0.4 is 0 Å². The molecule has 3 heterocycles. The smallest absolute Gasteiger partial charge is 0.0671 e. The van der Waals surface area contributed by atoms with E-state index in [1.165, 1.54) is 37.9 Å². The first-order valence-electron chi connectivity index (χ1n) is 9.28. The first-order valence-corrected chi connectivity index (χ1v) is 9.28. The first-order chi connectivity index (χ1) is 11.4. The van der Waals surface area contributed by atoms with Gasteiger partial charge in [-0.25, -0.2) is 0 Å². The van der Waals surface area contributed by atoms with Gasteiger partial charge in [-0.1, -0.05) is 0 Å². The largest absolute Gasteiger partial charge is 0.381 e. The van der Waals surface area contributed by atoms with Crippen LogP contribution in [-0.4, -0.2) is 54.2 Å². The summed E-state index contributed by atoms with van der Waals surface area (Å²) in [6.07, 6.45) is 8.18. The van der Waals surface area contributed by atoms with Crippen molar-refractivity contribution in [2.24, 2.45) is 11.8 Å². The molecule has 0 aromatic carbocycles. The highest BCUT2D eigenvalue weighted by atomic mass is 16.5. The highest BCUT2D eigenvalue weighted by Gasteiger charge is 2.28. The Kier molecular flexibility index (Phi) is 4.97. The molecular weight excluding hydrogens is 290 g/mol. The van der Waals surface area contributed by atoms with Gasteiger partial charge in [-0.2, -0.15) is 5.10 Å². The van der Waals surface area contributed by atoms with Crippen LogP contribution in [0.1, 0.15) is 43.8 Å². The Morgan fingerprint density at radius 3 is 2.87 bits per heavy atom. The zero-order valence-corrected chi connectivity index (χ0v) is 14.0. The van der Waals surface area contributed by atoms with E-state index in [0.717, 1.165) is 57.8 Å². The standard InChI is InChI=1S/C18H29N3O2/c1-2-16(1)14-23-10-6-18-13-20(11-15-4-8-22-9-5-15)12-17-3-7-19-21(17)18/h3,7,15-16,18H,1-2,4-6,8-14H2. The number of ether oxygens (including phenoxy) is 2. The number of nitrogens with zero attached hydrogens (tertiary/aromatic N) is 3. The number of fused-ring (bicyclic) bond motifs is 1. The van der Waals surface area contributed by atoms with Gasteiger partial charge in [0.15, 0.2) is 0 Å². The summed E-state index contributed by atoms with van der Waals surface area (Å²) < 4.78 is 13.6. The zero-order valence-electron chi connectivity index (χ0n) is 14.0. The summed E-state index contributed by atoms with van der Waals surface area (Å²) in [7, 11) is 0. The maximum atomic E-state index is 5.86. The fourth-order valence-corrected chi connectivity index (χ4v) is 3.87. The lowest BCUT2D eigenvalue weighted by molar-refractivity contribution is 0.0410. The molecule has 1 aliphatic carbocycles. The van der Waals surface area contributed by atoms with E-state index in [0.29, 0.717) is 6.04 Å². The molecule has 128 valence electrons. The van der Waals surface area contributed by atoms with Crippen LogP contribution >= 0.6 is 0 Å². The quantitative estimate of drug-likeness (QED) is 0.724. The molecule has 1 saturated heterocycles. The van der Waals surface area contributed by atoms with Crippen LogP contribution in [0.3, 0.4) is 0 Å². The number of hydrogen-bond donors (Lipinski definition) is 0. The van der Waals surface area contributed by atoms with Gasteiger partial charge in [0.05, 0.1) is 11.7 Å². The molecule has 5 nitrogen and oxygen atoms in total. The van der Waals surface area contributed by atoms with Crippen molar-refractivity contribution in [3.63, 3.8) is 0 Å².